The molecule has 0 saturated heterocycles. The molecule has 2 unspecified atom stereocenters. The van der Waals surface area contributed by atoms with Crippen LogP contribution in [0, 0.1) is 5.82 Å². The van der Waals surface area contributed by atoms with Crippen LogP contribution in [0.5, 0.6) is 0 Å². The van der Waals surface area contributed by atoms with E-state index in [1.807, 2.05) is 24.3 Å². The molecule has 0 aliphatic heterocycles. The minimum absolute atomic E-state index is 0.0314. The summed E-state index contributed by atoms with van der Waals surface area (Å²) in [6.07, 6.45) is 0.659. The van der Waals surface area contributed by atoms with Gasteiger partial charge in [0, 0.05) is 10.5 Å². The first-order valence-corrected chi connectivity index (χ1v) is 7.11. The number of hydrogen-bond acceptors (Lipinski definition) is 1. The molecule has 2 N–H and O–H groups in total. The summed E-state index contributed by atoms with van der Waals surface area (Å²) in [4.78, 5) is 0. The largest absolute Gasteiger partial charge is 0.327 e. The van der Waals surface area contributed by atoms with E-state index in [2.05, 4.69) is 35.0 Å². The fraction of sp³-hybridized carbons (Fsp3) is 0.250. The fourth-order valence-electron chi connectivity index (χ4n) is 2.18. The molecule has 0 amide bonds. The normalized spacial score (nSPS) is 14.1. The molecule has 2 rings (SSSR count). The van der Waals surface area contributed by atoms with E-state index in [0.29, 0.717) is 6.42 Å². The van der Waals surface area contributed by atoms with Gasteiger partial charge in [-0.3, -0.25) is 0 Å². The summed E-state index contributed by atoms with van der Waals surface area (Å²) in [6.45, 7) is 2.11. The third-order valence-corrected chi connectivity index (χ3v) is 3.82. The van der Waals surface area contributed by atoms with Gasteiger partial charge in [0.25, 0.3) is 0 Å². The Morgan fingerprint density at radius 3 is 2.47 bits per heavy atom. The second-order valence-electron chi connectivity index (χ2n) is 4.85. The van der Waals surface area contributed by atoms with Crippen molar-refractivity contribution < 1.29 is 4.39 Å². The van der Waals surface area contributed by atoms with E-state index < -0.39 is 0 Å². The zero-order chi connectivity index (χ0) is 13.8. The number of rotatable bonds is 4. The standard InChI is InChI=1S/C16H17BrFN/c1-11(13-5-3-2-4-6-13)16(19)9-12-7-14(17)10-15(18)8-12/h2-8,10-11,16H,9,19H2,1H3. The smallest absolute Gasteiger partial charge is 0.124 e. The summed E-state index contributed by atoms with van der Waals surface area (Å²) in [6, 6.07) is 15.0. The molecule has 19 heavy (non-hydrogen) atoms. The van der Waals surface area contributed by atoms with Crippen molar-refractivity contribution in [1.82, 2.24) is 0 Å². The van der Waals surface area contributed by atoms with Crippen LogP contribution in [-0.2, 0) is 6.42 Å². The van der Waals surface area contributed by atoms with Crippen LogP contribution in [0.2, 0.25) is 0 Å². The Morgan fingerprint density at radius 2 is 1.84 bits per heavy atom. The van der Waals surface area contributed by atoms with Crippen molar-refractivity contribution in [3.63, 3.8) is 0 Å². The third-order valence-electron chi connectivity index (χ3n) is 3.36. The Labute approximate surface area is 121 Å². The molecule has 0 bridgehead atoms. The van der Waals surface area contributed by atoms with E-state index in [9.17, 15) is 4.39 Å². The number of halogens is 2. The van der Waals surface area contributed by atoms with E-state index in [4.69, 9.17) is 5.73 Å². The zero-order valence-corrected chi connectivity index (χ0v) is 12.4. The molecule has 2 aromatic rings. The molecule has 100 valence electrons. The highest BCUT2D eigenvalue weighted by atomic mass is 79.9. The zero-order valence-electron chi connectivity index (χ0n) is 10.8. The lowest BCUT2D eigenvalue weighted by Crippen LogP contribution is -2.29. The van der Waals surface area contributed by atoms with Crippen molar-refractivity contribution in [2.75, 3.05) is 0 Å². The van der Waals surface area contributed by atoms with Gasteiger partial charge in [0.1, 0.15) is 5.82 Å². The van der Waals surface area contributed by atoms with Crippen LogP contribution in [0.25, 0.3) is 0 Å². The summed E-state index contributed by atoms with van der Waals surface area (Å²) >= 11 is 3.30. The van der Waals surface area contributed by atoms with E-state index in [-0.39, 0.29) is 17.8 Å². The number of hydrogen-bond donors (Lipinski definition) is 1. The number of nitrogens with two attached hydrogens (primary N) is 1. The molecule has 0 heterocycles. The highest BCUT2D eigenvalue weighted by molar-refractivity contribution is 9.10. The van der Waals surface area contributed by atoms with Crippen LogP contribution in [0.3, 0.4) is 0 Å². The first kappa shape index (κ1) is 14.2. The van der Waals surface area contributed by atoms with Crippen LogP contribution in [0.1, 0.15) is 24.0 Å². The van der Waals surface area contributed by atoms with Crippen molar-refractivity contribution in [3.8, 4) is 0 Å². The van der Waals surface area contributed by atoms with E-state index in [1.165, 1.54) is 11.6 Å². The molecule has 0 aromatic heterocycles. The highest BCUT2D eigenvalue weighted by Crippen LogP contribution is 2.22. The molecule has 0 radical (unpaired) electrons. The Bertz CT molecular complexity index is 521. The van der Waals surface area contributed by atoms with Gasteiger partial charge in [-0.2, -0.15) is 0 Å². The minimum Gasteiger partial charge on any atom is -0.327 e. The second-order valence-corrected chi connectivity index (χ2v) is 5.76. The molecule has 0 spiro atoms. The molecule has 2 aromatic carbocycles. The maximum atomic E-state index is 13.3. The van der Waals surface area contributed by atoms with Crippen LogP contribution in [-0.4, -0.2) is 6.04 Å². The van der Waals surface area contributed by atoms with Crippen LogP contribution in [0.4, 0.5) is 4.39 Å². The first-order chi connectivity index (χ1) is 9.06. The maximum Gasteiger partial charge on any atom is 0.124 e. The maximum absolute atomic E-state index is 13.3. The topological polar surface area (TPSA) is 26.0 Å². The average molecular weight is 322 g/mol. The molecule has 2 atom stereocenters. The van der Waals surface area contributed by atoms with Crippen LogP contribution >= 0.6 is 15.9 Å². The van der Waals surface area contributed by atoms with Gasteiger partial charge >= 0.3 is 0 Å². The van der Waals surface area contributed by atoms with Gasteiger partial charge in [0.15, 0.2) is 0 Å². The Balaban J connectivity index is 2.10. The van der Waals surface area contributed by atoms with Crippen LogP contribution < -0.4 is 5.73 Å². The molecular formula is C16H17BrFN. The van der Waals surface area contributed by atoms with Gasteiger partial charge in [-0.1, -0.05) is 53.2 Å². The van der Waals surface area contributed by atoms with Gasteiger partial charge in [0.05, 0.1) is 0 Å². The summed E-state index contributed by atoms with van der Waals surface area (Å²) < 4.78 is 14.1. The molecule has 3 heteroatoms. The van der Waals surface area contributed by atoms with Crippen molar-refractivity contribution in [1.29, 1.82) is 0 Å². The SMILES string of the molecule is CC(c1ccccc1)C(N)Cc1cc(F)cc(Br)c1. The lowest BCUT2D eigenvalue weighted by Gasteiger charge is -2.20. The highest BCUT2D eigenvalue weighted by Gasteiger charge is 2.15. The minimum atomic E-state index is -0.232. The first-order valence-electron chi connectivity index (χ1n) is 6.32. The molecular weight excluding hydrogens is 305 g/mol. The summed E-state index contributed by atoms with van der Waals surface area (Å²) in [5.74, 6) is 0.00665. The Kier molecular flexibility index (Phi) is 4.72. The predicted molar refractivity (Wildman–Crippen MR) is 80.6 cm³/mol. The molecule has 1 nitrogen and oxygen atoms in total. The van der Waals surface area contributed by atoms with Crippen molar-refractivity contribution in [3.05, 3.63) is 69.9 Å². The summed E-state index contributed by atoms with van der Waals surface area (Å²) in [5.41, 5.74) is 8.38. The van der Waals surface area contributed by atoms with Gasteiger partial charge in [-0.25, -0.2) is 4.39 Å². The van der Waals surface area contributed by atoms with E-state index in [0.717, 1.165) is 10.0 Å². The summed E-state index contributed by atoms with van der Waals surface area (Å²) in [7, 11) is 0. The summed E-state index contributed by atoms with van der Waals surface area (Å²) in [5, 5.41) is 0. The molecule has 0 aliphatic carbocycles. The Morgan fingerprint density at radius 1 is 1.16 bits per heavy atom. The molecule has 0 aliphatic rings. The number of benzene rings is 2. The third kappa shape index (κ3) is 3.88. The lowest BCUT2D eigenvalue weighted by molar-refractivity contribution is 0.560. The van der Waals surface area contributed by atoms with Gasteiger partial charge in [0.2, 0.25) is 0 Å². The van der Waals surface area contributed by atoms with Gasteiger partial charge in [-0.05, 0) is 41.7 Å². The average Bonchev–Trinajstić information content (AvgIpc) is 2.37. The molecule has 0 fully saturated rings. The lowest BCUT2D eigenvalue weighted by atomic mass is 9.90. The predicted octanol–water partition coefficient (Wildman–Crippen LogP) is 4.26. The van der Waals surface area contributed by atoms with Crippen molar-refractivity contribution in [2.24, 2.45) is 5.73 Å². The molecule has 0 saturated carbocycles. The van der Waals surface area contributed by atoms with Crippen molar-refractivity contribution in [2.45, 2.75) is 25.3 Å². The van der Waals surface area contributed by atoms with Gasteiger partial charge < -0.3 is 5.73 Å². The monoisotopic (exact) mass is 321 g/mol. The second kappa shape index (κ2) is 6.31. The Hall–Kier alpha value is -1.19. The van der Waals surface area contributed by atoms with E-state index in [1.54, 1.807) is 6.07 Å². The van der Waals surface area contributed by atoms with Gasteiger partial charge in [-0.15, -0.1) is 0 Å². The van der Waals surface area contributed by atoms with Crippen LogP contribution in [0.15, 0.2) is 53.0 Å². The van der Waals surface area contributed by atoms with E-state index >= 15 is 0 Å². The van der Waals surface area contributed by atoms with Crippen molar-refractivity contribution >= 4 is 15.9 Å². The fourth-order valence-corrected chi connectivity index (χ4v) is 2.69. The quantitative estimate of drug-likeness (QED) is 0.894.